The molecule has 0 bridgehead atoms. The van der Waals surface area contributed by atoms with E-state index in [0.717, 1.165) is 11.3 Å². The fourth-order valence-corrected chi connectivity index (χ4v) is 4.57. The van der Waals surface area contributed by atoms with Crippen LogP contribution in [0.25, 0.3) is 0 Å². The summed E-state index contributed by atoms with van der Waals surface area (Å²) < 4.78 is 0. The molecule has 1 aromatic heterocycles. The first-order valence-electron chi connectivity index (χ1n) is 13.6. The van der Waals surface area contributed by atoms with Crippen molar-refractivity contribution in [2.45, 2.75) is 65.0 Å². The van der Waals surface area contributed by atoms with Crippen molar-refractivity contribution in [3.05, 3.63) is 40.9 Å². The van der Waals surface area contributed by atoms with E-state index in [1.54, 1.807) is 19.1 Å². The third-order valence-corrected chi connectivity index (χ3v) is 7.40. The first-order chi connectivity index (χ1) is 20.3. The minimum atomic E-state index is -1.15. The molecule has 13 nitrogen and oxygen atoms in total. The van der Waals surface area contributed by atoms with E-state index in [-0.39, 0.29) is 43.8 Å². The number of aliphatic carboxylic acids is 1. The van der Waals surface area contributed by atoms with Crippen LogP contribution in [0.3, 0.4) is 0 Å². The van der Waals surface area contributed by atoms with E-state index in [4.69, 9.17) is 5.11 Å². The fraction of sp³-hybridized carbons (Fsp3) is 0.448. The summed E-state index contributed by atoms with van der Waals surface area (Å²) in [6.45, 7) is 4.42. The number of benzene rings is 1. The van der Waals surface area contributed by atoms with Crippen LogP contribution in [-0.4, -0.2) is 75.2 Å². The van der Waals surface area contributed by atoms with Crippen LogP contribution in [0.5, 0.6) is 5.75 Å². The van der Waals surface area contributed by atoms with E-state index in [1.165, 1.54) is 32.2 Å². The van der Waals surface area contributed by atoms with Crippen molar-refractivity contribution in [2.24, 2.45) is 11.8 Å². The highest BCUT2D eigenvalue weighted by Gasteiger charge is 2.28. The molecule has 0 fully saturated rings. The second kappa shape index (κ2) is 16.9. The monoisotopic (exact) mass is 616 g/mol. The average molecular weight is 617 g/mol. The third kappa shape index (κ3) is 12.1. The SMILES string of the molecule is C[C@H](CC(=O)CNc1ncc(C=O)s1)C(=O)N[C@@H](C)C(=O)C[C@@H](C)C(=O)N[C@@H](Cc1ccc(O)cc1)C(=O)CCC(=O)O. The van der Waals surface area contributed by atoms with E-state index in [2.05, 4.69) is 20.9 Å². The number of hydrogen-bond acceptors (Lipinski definition) is 11. The number of carboxylic acids is 1. The Hall–Kier alpha value is -4.46. The van der Waals surface area contributed by atoms with Gasteiger partial charge in [-0.2, -0.15) is 0 Å². The highest BCUT2D eigenvalue weighted by Crippen LogP contribution is 2.17. The summed E-state index contributed by atoms with van der Waals surface area (Å²) in [5.74, 6) is -5.02. The molecule has 0 unspecified atom stereocenters. The molecular formula is C29H36N4O9S. The van der Waals surface area contributed by atoms with Gasteiger partial charge in [-0.15, -0.1) is 0 Å². The van der Waals surface area contributed by atoms with Crippen LogP contribution in [0.2, 0.25) is 0 Å². The van der Waals surface area contributed by atoms with Crippen LogP contribution in [0.15, 0.2) is 30.5 Å². The number of nitrogens with one attached hydrogen (secondary N) is 3. The number of hydrogen-bond donors (Lipinski definition) is 5. The van der Waals surface area contributed by atoms with Gasteiger partial charge in [0, 0.05) is 31.1 Å². The number of phenols is 1. The van der Waals surface area contributed by atoms with Gasteiger partial charge in [-0.3, -0.25) is 33.6 Å². The number of aldehydes is 1. The molecule has 4 atom stereocenters. The van der Waals surface area contributed by atoms with Gasteiger partial charge in [-0.25, -0.2) is 4.98 Å². The molecular weight excluding hydrogens is 580 g/mol. The van der Waals surface area contributed by atoms with Gasteiger partial charge in [-0.05, 0) is 31.0 Å². The van der Waals surface area contributed by atoms with Gasteiger partial charge in [0.1, 0.15) is 5.75 Å². The number of carbonyl (C=O) groups is 7. The number of anilines is 1. The Bertz CT molecular complexity index is 1330. The molecule has 0 saturated carbocycles. The zero-order chi connectivity index (χ0) is 32.1. The summed E-state index contributed by atoms with van der Waals surface area (Å²) in [5.41, 5.74) is 0.630. The number of rotatable bonds is 19. The number of nitrogens with zero attached hydrogens (tertiary/aromatic N) is 1. The molecule has 0 saturated heterocycles. The molecule has 14 heteroatoms. The number of carboxylic acid groups (broad SMARTS) is 1. The number of thiazole rings is 1. The number of phenolic OH excluding ortho intramolecular Hbond substituents is 1. The number of Topliss-reactive ketones (excluding diaryl/α,β-unsaturated/α-hetero) is 3. The molecule has 2 amide bonds. The number of ketones is 3. The smallest absolute Gasteiger partial charge is 0.303 e. The first kappa shape index (κ1) is 34.7. The third-order valence-electron chi connectivity index (χ3n) is 6.52. The summed E-state index contributed by atoms with van der Waals surface area (Å²) in [6.07, 6.45) is 1.06. The Kier molecular flexibility index (Phi) is 13.6. The maximum absolute atomic E-state index is 12.9. The summed E-state index contributed by atoms with van der Waals surface area (Å²) in [5, 5.41) is 26.8. The van der Waals surface area contributed by atoms with Crippen LogP contribution < -0.4 is 16.0 Å². The zero-order valence-corrected chi connectivity index (χ0v) is 24.9. The molecule has 0 radical (unpaired) electrons. The second-order valence-corrected chi connectivity index (χ2v) is 11.3. The van der Waals surface area contributed by atoms with Gasteiger partial charge in [0.2, 0.25) is 11.8 Å². The Labute approximate surface area is 252 Å². The van der Waals surface area contributed by atoms with Crippen molar-refractivity contribution in [1.82, 2.24) is 15.6 Å². The number of aromatic hydroxyl groups is 1. The van der Waals surface area contributed by atoms with E-state index in [9.17, 15) is 38.7 Å². The molecule has 0 aliphatic rings. The van der Waals surface area contributed by atoms with Crippen LogP contribution in [0.4, 0.5) is 5.13 Å². The van der Waals surface area contributed by atoms with Gasteiger partial charge in [-0.1, -0.05) is 37.3 Å². The normalized spacial score (nSPS) is 13.6. The standard InChI is InChI=1S/C29H36N4O9S/c1-16(10-21(36)13-30-29-31-14-22(15-34)43-29)27(41)32-18(3)25(38)11-17(2)28(42)33-23(24(37)8-9-26(39)40)12-19-4-6-20(35)7-5-19/h4-7,14-18,23,35H,8-13H2,1-3H3,(H,30,31)(H,32,41)(H,33,42)(H,39,40)/t16-,17-,18+,23+/m1/s1. The van der Waals surface area contributed by atoms with Crippen molar-refractivity contribution in [1.29, 1.82) is 0 Å². The lowest BCUT2D eigenvalue weighted by atomic mass is 9.96. The van der Waals surface area contributed by atoms with Crippen LogP contribution >= 0.6 is 11.3 Å². The summed E-state index contributed by atoms with van der Waals surface area (Å²) in [6, 6.07) is 4.02. The predicted octanol–water partition coefficient (Wildman–Crippen LogP) is 1.93. The summed E-state index contributed by atoms with van der Waals surface area (Å²) >= 11 is 1.09. The average Bonchev–Trinajstić information content (AvgIpc) is 3.43. The summed E-state index contributed by atoms with van der Waals surface area (Å²) in [4.78, 5) is 89.3. The van der Waals surface area contributed by atoms with Crippen LogP contribution in [0.1, 0.15) is 61.7 Å². The minimum Gasteiger partial charge on any atom is -0.508 e. The summed E-state index contributed by atoms with van der Waals surface area (Å²) in [7, 11) is 0. The van der Waals surface area contributed by atoms with Crippen LogP contribution in [-0.2, 0) is 35.2 Å². The molecule has 2 rings (SSSR count). The largest absolute Gasteiger partial charge is 0.508 e. The Morgan fingerprint density at radius 3 is 2.14 bits per heavy atom. The molecule has 0 aliphatic carbocycles. The number of amides is 2. The topological polar surface area (TPSA) is 209 Å². The molecule has 0 spiro atoms. The molecule has 5 N–H and O–H groups in total. The van der Waals surface area contributed by atoms with Crippen molar-refractivity contribution in [3.8, 4) is 5.75 Å². The molecule has 2 aromatic rings. The predicted molar refractivity (Wildman–Crippen MR) is 157 cm³/mol. The molecule has 0 aliphatic heterocycles. The fourth-order valence-electron chi connectivity index (χ4n) is 3.94. The van der Waals surface area contributed by atoms with Gasteiger partial charge >= 0.3 is 5.97 Å². The lowest BCUT2D eigenvalue weighted by Gasteiger charge is -2.21. The number of aromatic nitrogens is 1. The van der Waals surface area contributed by atoms with Gasteiger partial charge in [0.15, 0.2) is 28.8 Å². The van der Waals surface area contributed by atoms with Crippen LogP contribution in [0, 0.1) is 11.8 Å². The van der Waals surface area contributed by atoms with E-state index in [0.29, 0.717) is 21.9 Å². The highest BCUT2D eigenvalue weighted by molar-refractivity contribution is 7.17. The number of carbonyl (C=O) groups excluding carboxylic acids is 6. The van der Waals surface area contributed by atoms with Crippen molar-refractivity contribution < 1.29 is 43.8 Å². The van der Waals surface area contributed by atoms with Gasteiger partial charge in [0.05, 0.1) is 36.1 Å². The first-order valence-corrected chi connectivity index (χ1v) is 14.4. The Balaban J connectivity index is 1.87. The van der Waals surface area contributed by atoms with E-state index < -0.39 is 59.7 Å². The zero-order valence-electron chi connectivity index (χ0n) is 24.1. The molecule has 43 heavy (non-hydrogen) atoms. The molecule has 1 aromatic carbocycles. The maximum atomic E-state index is 12.9. The van der Waals surface area contributed by atoms with E-state index in [1.807, 2.05) is 0 Å². The van der Waals surface area contributed by atoms with E-state index >= 15 is 0 Å². The van der Waals surface area contributed by atoms with Gasteiger partial charge in [0.25, 0.3) is 0 Å². The minimum absolute atomic E-state index is 0.0228. The second-order valence-electron chi connectivity index (χ2n) is 10.3. The van der Waals surface area contributed by atoms with Gasteiger partial charge < -0.3 is 26.2 Å². The van der Waals surface area contributed by atoms with Crippen molar-refractivity contribution in [3.63, 3.8) is 0 Å². The Morgan fingerprint density at radius 2 is 1.53 bits per heavy atom. The lowest BCUT2D eigenvalue weighted by molar-refractivity contribution is -0.139. The van der Waals surface area contributed by atoms with Crippen molar-refractivity contribution in [2.75, 3.05) is 11.9 Å². The Morgan fingerprint density at radius 1 is 0.907 bits per heavy atom. The maximum Gasteiger partial charge on any atom is 0.303 e. The quantitative estimate of drug-likeness (QED) is 0.144. The lowest BCUT2D eigenvalue weighted by Crippen LogP contribution is -2.46. The molecule has 1 heterocycles. The highest BCUT2D eigenvalue weighted by atomic mass is 32.1. The van der Waals surface area contributed by atoms with Crippen molar-refractivity contribution >= 4 is 57.9 Å². The molecule has 232 valence electrons.